The average molecular weight is 449 g/mol. The first kappa shape index (κ1) is 24.8. The molecule has 2 aromatic carbocycles. The maximum atomic E-state index is 12.8. The summed E-state index contributed by atoms with van der Waals surface area (Å²) in [5, 5.41) is 9.37. The lowest BCUT2D eigenvalue weighted by atomic mass is 10.0. The van der Waals surface area contributed by atoms with Crippen molar-refractivity contribution < 1.29 is 19.4 Å². The number of phenols is 1. The lowest BCUT2D eigenvalue weighted by Crippen LogP contribution is -2.35. The summed E-state index contributed by atoms with van der Waals surface area (Å²) in [5.41, 5.74) is 3.41. The minimum absolute atomic E-state index is 0. The SMILES string of the molecule is COc1cc2c(cc1OC)CC(=O)N(CCCN(C)CCc1ccc(O)cc1)CC2.Cl. The van der Waals surface area contributed by atoms with Crippen LogP contribution >= 0.6 is 12.4 Å². The van der Waals surface area contributed by atoms with E-state index in [4.69, 9.17) is 9.47 Å². The molecule has 3 rings (SSSR count). The summed E-state index contributed by atoms with van der Waals surface area (Å²) >= 11 is 0. The molecule has 170 valence electrons. The van der Waals surface area contributed by atoms with Gasteiger partial charge in [-0.1, -0.05) is 12.1 Å². The average Bonchev–Trinajstić information content (AvgIpc) is 2.90. The first-order valence-electron chi connectivity index (χ1n) is 10.5. The fourth-order valence-electron chi connectivity index (χ4n) is 3.88. The van der Waals surface area contributed by atoms with Crippen LogP contribution in [0.2, 0.25) is 0 Å². The molecule has 6 nitrogen and oxygen atoms in total. The second-order valence-electron chi connectivity index (χ2n) is 7.86. The Hall–Kier alpha value is -2.44. The van der Waals surface area contributed by atoms with Gasteiger partial charge in [0, 0.05) is 19.6 Å². The number of phenolic OH excluding ortho intramolecular Hbond substituents is 1. The van der Waals surface area contributed by atoms with Crippen LogP contribution in [0.15, 0.2) is 36.4 Å². The molecule has 1 amide bonds. The van der Waals surface area contributed by atoms with Crippen molar-refractivity contribution in [2.75, 3.05) is 47.4 Å². The third-order valence-corrected chi connectivity index (χ3v) is 5.74. The van der Waals surface area contributed by atoms with E-state index in [9.17, 15) is 9.90 Å². The van der Waals surface area contributed by atoms with E-state index >= 15 is 0 Å². The second-order valence-corrected chi connectivity index (χ2v) is 7.86. The molecule has 0 unspecified atom stereocenters. The summed E-state index contributed by atoms with van der Waals surface area (Å²) in [7, 11) is 5.36. The molecule has 0 aromatic heterocycles. The Morgan fingerprint density at radius 1 is 1.03 bits per heavy atom. The van der Waals surface area contributed by atoms with Gasteiger partial charge in [-0.25, -0.2) is 0 Å². The zero-order valence-corrected chi connectivity index (χ0v) is 19.4. The van der Waals surface area contributed by atoms with Gasteiger partial charge in [-0.2, -0.15) is 0 Å². The highest BCUT2D eigenvalue weighted by Crippen LogP contribution is 2.32. The van der Waals surface area contributed by atoms with E-state index in [1.54, 1.807) is 26.4 Å². The van der Waals surface area contributed by atoms with Crippen molar-refractivity contribution in [1.29, 1.82) is 0 Å². The van der Waals surface area contributed by atoms with Gasteiger partial charge in [0.25, 0.3) is 0 Å². The molecular weight excluding hydrogens is 416 g/mol. The molecular formula is C24H33ClN2O4. The van der Waals surface area contributed by atoms with Gasteiger partial charge in [0.2, 0.25) is 5.91 Å². The molecule has 1 heterocycles. The Kier molecular flexibility index (Phi) is 9.46. The highest BCUT2D eigenvalue weighted by molar-refractivity contribution is 5.85. The molecule has 0 atom stereocenters. The lowest BCUT2D eigenvalue weighted by molar-refractivity contribution is -0.130. The lowest BCUT2D eigenvalue weighted by Gasteiger charge is -2.23. The van der Waals surface area contributed by atoms with Gasteiger partial charge in [-0.05, 0) is 73.8 Å². The zero-order chi connectivity index (χ0) is 21.5. The van der Waals surface area contributed by atoms with Crippen molar-refractivity contribution in [2.45, 2.75) is 25.7 Å². The van der Waals surface area contributed by atoms with Gasteiger partial charge in [0.05, 0.1) is 20.6 Å². The summed E-state index contributed by atoms with van der Waals surface area (Å²) in [6, 6.07) is 11.3. The number of rotatable bonds is 9. The number of ether oxygens (including phenoxy) is 2. The van der Waals surface area contributed by atoms with E-state index in [1.165, 1.54) is 5.56 Å². The summed E-state index contributed by atoms with van der Waals surface area (Å²) in [6.07, 6.45) is 3.13. The second kappa shape index (κ2) is 11.8. The van der Waals surface area contributed by atoms with E-state index < -0.39 is 0 Å². The predicted molar refractivity (Wildman–Crippen MR) is 125 cm³/mol. The first-order valence-corrected chi connectivity index (χ1v) is 10.5. The largest absolute Gasteiger partial charge is 0.508 e. The maximum Gasteiger partial charge on any atom is 0.227 e. The monoisotopic (exact) mass is 448 g/mol. The highest BCUT2D eigenvalue weighted by atomic mass is 35.5. The highest BCUT2D eigenvalue weighted by Gasteiger charge is 2.22. The minimum Gasteiger partial charge on any atom is -0.508 e. The number of benzene rings is 2. The number of hydrogen-bond donors (Lipinski definition) is 1. The molecule has 1 aliphatic rings. The van der Waals surface area contributed by atoms with E-state index in [1.807, 2.05) is 29.2 Å². The van der Waals surface area contributed by atoms with Gasteiger partial charge in [0.1, 0.15) is 5.75 Å². The van der Waals surface area contributed by atoms with Crippen molar-refractivity contribution in [3.8, 4) is 17.2 Å². The van der Waals surface area contributed by atoms with Crippen LogP contribution in [-0.2, 0) is 24.1 Å². The number of fused-ring (bicyclic) bond motifs is 1. The van der Waals surface area contributed by atoms with E-state index in [0.29, 0.717) is 23.7 Å². The van der Waals surface area contributed by atoms with Crippen LogP contribution in [0.1, 0.15) is 23.1 Å². The number of methoxy groups -OCH3 is 2. The zero-order valence-electron chi connectivity index (χ0n) is 18.6. The number of halogens is 1. The number of aromatic hydroxyl groups is 1. The first-order chi connectivity index (χ1) is 14.5. The molecule has 0 radical (unpaired) electrons. The Labute approximate surface area is 191 Å². The topological polar surface area (TPSA) is 62.2 Å². The Morgan fingerprint density at radius 2 is 1.68 bits per heavy atom. The minimum atomic E-state index is 0. The van der Waals surface area contributed by atoms with Crippen molar-refractivity contribution in [3.63, 3.8) is 0 Å². The molecule has 0 aliphatic carbocycles. The molecule has 0 saturated carbocycles. The van der Waals surface area contributed by atoms with E-state index in [2.05, 4.69) is 11.9 Å². The summed E-state index contributed by atoms with van der Waals surface area (Å²) in [6.45, 7) is 3.39. The molecule has 31 heavy (non-hydrogen) atoms. The van der Waals surface area contributed by atoms with Gasteiger partial charge < -0.3 is 24.4 Å². The standard InChI is InChI=1S/C24H32N2O4.ClH/c1-25(13-9-18-5-7-21(27)8-6-18)11-4-12-26-14-10-19-15-22(29-2)23(30-3)16-20(19)17-24(26)28;/h5-8,15-16,27H,4,9-14,17H2,1-3H3;1H. The van der Waals surface area contributed by atoms with E-state index in [-0.39, 0.29) is 18.3 Å². The Balaban J connectivity index is 0.00000341. The molecule has 2 aromatic rings. The predicted octanol–water partition coefficient (Wildman–Crippen LogP) is 3.32. The van der Waals surface area contributed by atoms with Crippen LogP contribution in [0.4, 0.5) is 0 Å². The molecule has 0 spiro atoms. The molecule has 1 N–H and O–H groups in total. The van der Waals surface area contributed by atoms with Crippen molar-refractivity contribution in [1.82, 2.24) is 9.80 Å². The van der Waals surface area contributed by atoms with E-state index in [0.717, 1.165) is 56.6 Å². The summed E-state index contributed by atoms with van der Waals surface area (Å²) in [4.78, 5) is 17.0. The van der Waals surface area contributed by atoms with Gasteiger partial charge in [-0.15, -0.1) is 12.4 Å². The normalized spacial score (nSPS) is 13.4. The van der Waals surface area contributed by atoms with Gasteiger partial charge >= 0.3 is 0 Å². The number of carbonyl (C=O) groups excluding carboxylic acids is 1. The maximum absolute atomic E-state index is 12.8. The smallest absolute Gasteiger partial charge is 0.227 e. The van der Waals surface area contributed by atoms with Crippen LogP contribution in [0, 0.1) is 0 Å². The molecule has 1 aliphatic heterocycles. The van der Waals surface area contributed by atoms with Crippen LogP contribution in [0.25, 0.3) is 0 Å². The van der Waals surface area contributed by atoms with Crippen LogP contribution in [0.3, 0.4) is 0 Å². The molecule has 0 bridgehead atoms. The third-order valence-electron chi connectivity index (χ3n) is 5.74. The number of hydrogen-bond acceptors (Lipinski definition) is 5. The van der Waals surface area contributed by atoms with Crippen LogP contribution < -0.4 is 9.47 Å². The number of likely N-dealkylation sites (N-methyl/N-ethyl adjacent to an activating group) is 1. The Morgan fingerprint density at radius 3 is 2.32 bits per heavy atom. The fraction of sp³-hybridized carbons (Fsp3) is 0.458. The van der Waals surface area contributed by atoms with Crippen LogP contribution in [0.5, 0.6) is 17.2 Å². The summed E-state index contributed by atoms with van der Waals surface area (Å²) < 4.78 is 10.8. The Bertz CT molecular complexity index is 857. The number of carbonyl (C=O) groups is 1. The summed E-state index contributed by atoms with van der Waals surface area (Å²) in [5.74, 6) is 1.86. The van der Waals surface area contributed by atoms with Crippen molar-refractivity contribution in [3.05, 3.63) is 53.1 Å². The molecule has 0 fully saturated rings. The number of amides is 1. The van der Waals surface area contributed by atoms with Crippen molar-refractivity contribution >= 4 is 18.3 Å². The van der Waals surface area contributed by atoms with Gasteiger partial charge in [-0.3, -0.25) is 4.79 Å². The van der Waals surface area contributed by atoms with Gasteiger partial charge in [0.15, 0.2) is 11.5 Å². The number of nitrogens with zero attached hydrogens (tertiary/aromatic N) is 2. The quantitative estimate of drug-likeness (QED) is 0.637. The molecule has 0 saturated heterocycles. The fourth-order valence-corrected chi connectivity index (χ4v) is 3.88. The van der Waals surface area contributed by atoms with Crippen molar-refractivity contribution in [2.24, 2.45) is 0 Å². The molecule has 7 heteroatoms. The van der Waals surface area contributed by atoms with Crippen LogP contribution in [-0.4, -0.2) is 68.3 Å². The third kappa shape index (κ3) is 6.77.